The Balaban J connectivity index is 1.42. The number of benzene rings is 2. The minimum atomic E-state index is 0.618. The topological polar surface area (TPSA) is 69.2 Å². The van der Waals surface area contributed by atoms with Gasteiger partial charge < -0.3 is 14.2 Å². The molecule has 31 heavy (non-hydrogen) atoms. The highest BCUT2D eigenvalue weighted by Crippen LogP contribution is 2.31. The molecule has 0 bridgehead atoms. The van der Waals surface area contributed by atoms with Crippen molar-refractivity contribution in [3.63, 3.8) is 0 Å². The average molecular weight is 434 g/mol. The fraction of sp³-hybridized carbons (Fsp3) is 0.261. The maximum atomic E-state index is 5.58. The highest BCUT2D eigenvalue weighted by atomic mass is 32.2. The van der Waals surface area contributed by atoms with E-state index in [2.05, 4.69) is 43.9 Å². The summed E-state index contributed by atoms with van der Waals surface area (Å²) in [7, 11) is 0. The van der Waals surface area contributed by atoms with E-state index in [0.717, 1.165) is 46.9 Å². The summed E-state index contributed by atoms with van der Waals surface area (Å²) in [5.41, 5.74) is 4.13. The lowest BCUT2D eigenvalue weighted by Crippen LogP contribution is -2.38. The Morgan fingerprint density at radius 1 is 0.968 bits per heavy atom. The van der Waals surface area contributed by atoms with Gasteiger partial charge in [-0.3, -0.25) is 4.57 Å². The van der Waals surface area contributed by atoms with Crippen molar-refractivity contribution >= 4 is 17.7 Å². The fourth-order valence-electron chi connectivity index (χ4n) is 3.61. The standard InChI is InChI=1S/C23H23N5O2S/c1-17-7-5-6-10-21(17)28-22(27-11-13-29-14-12-27)24-25-23(28)31-16-19-15-20(26-30-19)18-8-3-2-4-9-18/h2-10,15H,11-14,16H2,1H3. The predicted octanol–water partition coefficient (Wildman–Crippen LogP) is 4.36. The summed E-state index contributed by atoms with van der Waals surface area (Å²) >= 11 is 1.59. The van der Waals surface area contributed by atoms with Gasteiger partial charge in [0.15, 0.2) is 5.16 Å². The predicted molar refractivity (Wildman–Crippen MR) is 121 cm³/mol. The van der Waals surface area contributed by atoms with Crippen LogP contribution in [0.25, 0.3) is 16.9 Å². The number of para-hydroxylation sites is 1. The highest BCUT2D eigenvalue weighted by Gasteiger charge is 2.23. The minimum absolute atomic E-state index is 0.618. The number of aryl methyl sites for hydroxylation is 1. The van der Waals surface area contributed by atoms with Gasteiger partial charge in [0.2, 0.25) is 5.95 Å². The molecule has 4 aromatic rings. The molecule has 0 aliphatic carbocycles. The summed E-state index contributed by atoms with van der Waals surface area (Å²) in [6.45, 7) is 5.11. The van der Waals surface area contributed by atoms with E-state index in [1.165, 1.54) is 5.56 Å². The molecule has 2 aromatic heterocycles. The lowest BCUT2D eigenvalue weighted by atomic mass is 10.1. The number of ether oxygens (including phenoxy) is 1. The van der Waals surface area contributed by atoms with E-state index in [-0.39, 0.29) is 0 Å². The number of morpholine rings is 1. The number of rotatable bonds is 6. The monoisotopic (exact) mass is 433 g/mol. The molecule has 1 saturated heterocycles. The summed E-state index contributed by atoms with van der Waals surface area (Å²) in [5.74, 6) is 2.27. The van der Waals surface area contributed by atoms with Gasteiger partial charge in [-0.15, -0.1) is 10.2 Å². The van der Waals surface area contributed by atoms with Gasteiger partial charge >= 0.3 is 0 Å². The van der Waals surface area contributed by atoms with Crippen molar-refractivity contribution in [3.05, 3.63) is 72.0 Å². The van der Waals surface area contributed by atoms with Gasteiger partial charge in [-0.1, -0.05) is 65.4 Å². The molecule has 0 unspecified atom stereocenters. The Morgan fingerprint density at radius 2 is 1.74 bits per heavy atom. The molecule has 0 N–H and O–H groups in total. The first-order chi connectivity index (χ1) is 15.3. The number of thioether (sulfide) groups is 1. The van der Waals surface area contributed by atoms with Crippen LogP contribution in [0.3, 0.4) is 0 Å². The fourth-order valence-corrected chi connectivity index (χ4v) is 4.43. The Bertz CT molecular complexity index is 1150. The van der Waals surface area contributed by atoms with Crippen LogP contribution in [0.4, 0.5) is 5.95 Å². The van der Waals surface area contributed by atoms with Crippen LogP contribution in [-0.4, -0.2) is 46.2 Å². The minimum Gasteiger partial charge on any atom is -0.378 e. The summed E-state index contributed by atoms with van der Waals surface area (Å²) in [4.78, 5) is 2.23. The maximum Gasteiger partial charge on any atom is 0.232 e. The van der Waals surface area contributed by atoms with Crippen LogP contribution < -0.4 is 4.90 Å². The van der Waals surface area contributed by atoms with Crippen LogP contribution in [0.5, 0.6) is 0 Å². The molecule has 0 atom stereocenters. The van der Waals surface area contributed by atoms with E-state index < -0.39 is 0 Å². The van der Waals surface area contributed by atoms with Gasteiger partial charge in [-0.05, 0) is 18.6 Å². The lowest BCUT2D eigenvalue weighted by molar-refractivity contribution is 0.122. The first-order valence-corrected chi connectivity index (χ1v) is 11.3. The number of nitrogens with zero attached hydrogens (tertiary/aromatic N) is 5. The number of hydrogen-bond donors (Lipinski definition) is 0. The van der Waals surface area contributed by atoms with Crippen molar-refractivity contribution in [2.45, 2.75) is 17.8 Å². The Kier molecular flexibility index (Phi) is 5.73. The van der Waals surface area contributed by atoms with Crippen molar-refractivity contribution in [1.29, 1.82) is 0 Å². The summed E-state index contributed by atoms with van der Waals surface area (Å²) in [6.07, 6.45) is 0. The van der Waals surface area contributed by atoms with Crippen LogP contribution in [-0.2, 0) is 10.5 Å². The molecule has 1 aliphatic heterocycles. The second kappa shape index (κ2) is 8.95. The van der Waals surface area contributed by atoms with Crippen molar-refractivity contribution in [2.24, 2.45) is 0 Å². The average Bonchev–Trinajstić information content (AvgIpc) is 3.46. The molecule has 7 nitrogen and oxygen atoms in total. The number of hydrogen-bond acceptors (Lipinski definition) is 7. The third kappa shape index (κ3) is 4.22. The largest absolute Gasteiger partial charge is 0.378 e. The zero-order valence-electron chi connectivity index (χ0n) is 17.3. The smallest absolute Gasteiger partial charge is 0.232 e. The second-order valence-electron chi connectivity index (χ2n) is 7.34. The zero-order valence-corrected chi connectivity index (χ0v) is 18.1. The van der Waals surface area contributed by atoms with Gasteiger partial charge in [0.25, 0.3) is 0 Å². The quantitative estimate of drug-likeness (QED) is 0.419. The van der Waals surface area contributed by atoms with Gasteiger partial charge in [0, 0.05) is 24.7 Å². The Morgan fingerprint density at radius 3 is 2.55 bits per heavy atom. The van der Waals surface area contributed by atoms with E-state index in [9.17, 15) is 0 Å². The number of anilines is 1. The number of aromatic nitrogens is 4. The van der Waals surface area contributed by atoms with E-state index in [1.807, 2.05) is 48.5 Å². The van der Waals surface area contributed by atoms with Crippen LogP contribution in [0.2, 0.25) is 0 Å². The Hall–Kier alpha value is -3.10. The van der Waals surface area contributed by atoms with Crippen LogP contribution in [0.15, 0.2) is 70.3 Å². The van der Waals surface area contributed by atoms with E-state index >= 15 is 0 Å². The molecule has 3 heterocycles. The summed E-state index contributed by atoms with van der Waals surface area (Å²) in [6, 6.07) is 20.3. The maximum absolute atomic E-state index is 5.58. The molecule has 8 heteroatoms. The molecule has 5 rings (SSSR count). The molecule has 1 aliphatic rings. The van der Waals surface area contributed by atoms with Crippen molar-refractivity contribution in [2.75, 3.05) is 31.2 Å². The van der Waals surface area contributed by atoms with Crippen LogP contribution in [0, 0.1) is 6.92 Å². The molecular formula is C23H23N5O2S. The Labute approximate surface area is 185 Å². The van der Waals surface area contributed by atoms with Crippen molar-refractivity contribution in [3.8, 4) is 16.9 Å². The molecule has 0 radical (unpaired) electrons. The van der Waals surface area contributed by atoms with Crippen LogP contribution in [0.1, 0.15) is 11.3 Å². The molecule has 0 saturated carbocycles. The molecular weight excluding hydrogens is 410 g/mol. The van der Waals surface area contributed by atoms with E-state index in [1.54, 1.807) is 11.8 Å². The van der Waals surface area contributed by atoms with E-state index in [4.69, 9.17) is 9.26 Å². The SMILES string of the molecule is Cc1ccccc1-n1c(SCc2cc(-c3ccccc3)no2)nnc1N1CCOCC1. The summed E-state index contributed by atoms with van der Waals surface area (Å²) in [5, 5.41) is 14.1. The molecule has 0 spiro atoms. The van der Waals surface area contributed by atoms with Gasteiger partial charge in [0.1, 0.15) is 11.5 Å². The molecule has 0 amide bonds. The van der Waals surface area contributed by atoms with Gasteiger partial charge in [-0.2, -0.15) is 0 Å². The highest BCUT2D eigenvalue weighted by molar-refractivity contribution is 7.98. The van der Waals surface area contributed by atoms with Crippen LogP contribution >= 0.6 is 11.8 Å². The van der Waals surface area contributed by atoms with E-state index in [0.29, 0.717) is 19.0 Å². The third-order valence-corrected chi connectivity index (χ3v) is 6.19. The van der Waals surface area contributed by atoms with Crippen molar-refractivity contribution in [1.82, 2.24) is 19.9 Å². The molecule has 158 valence electrons. The van der Waals surface area contributed by atoms with Crippen molar-refractivity contribution < 1.29 is 9.26 Å². The lowest BCUT2D eigenvalue weighted by Gasteiger charge is -2.28. The molecule has 2 aromatic carbocycles. The van der Waals surface area contributed by atoms with Gasteiger partial charge in [0.05, 0.1) is 24.7 Å². The summed E-state index contributed by atoms with van der Waals surface area (Å²) < 4.78 is 13.2. The van der Waals surface area contributed by atoms with Gasteiger partial charge in [-0.25, -0.2) is 0 Å². The zero-order chi connectivity index (χ0) is 21.0. The first kappa shape index (κ1) is 19.8. The first-order valence-electron chi connectivity index (χ1n) is 10.3. The second-order valence-corrected chi connectivity index (χ2v) is 8.28. The third-order valence-electron chi connectivity index (χ3n) is 5.24. The normalized spacial score (nSPS) is 14.2. The molecule has 1 fully saturated rings.